The number of carbonyl (C=O) groups is 1. The van der Waals surface area contributed by atoms with Crippen molar-refractivity contribution >= 4 is 39.7 Å². The molecule has 2 aromatic heterocycles. The summed E-state index contributed by atoms with van der Waals surface area (Å²) in [6, 6.07) is 5.98. The Morgan fingerprint density at radius 1 is 1.22 bits per heavy atom. The summed E-state index contributed by atoms with van der Waals surface area (Å²) in [6.07, 6.45) is 3.96. The molecule has 0 unspecified atom stereocenters. The normalized spacial score (nSPS) is 11.2. The highest BCUT2D eigenvalue weighted by Crippen LogP contribution is 2.26. The van der Waals surface area contributed by atoms with Crippen LogP contribution in [0.2, 0.25) is 0 Å². The molecule has 0 saturated heterocycles. The van der Waals surface area contributed by atoms with Crippen LogP contribution < -0.4 is 11.1 Å². The fraction of sp³-hybridized carbons (Fsp3) is 0.444. The maximum Gasteiger partial charge on any atom is 0.235 e. The number of benzene rings is 1. The second-order valence-corrected chi connectivity index (χ2v) is 8.56. The second-order valence-electron chi connectivity index (χ2n) is 6.38. The van der Waals surface area contributed by atoms with Gasteiger partial charge < -0.3 is 11.1 Å². The first-order chi connectivity index (χ1) is 13.1. The molecule has 3 rings (SSSR count). The highest BCUT2D eigenvalue weighted by atomic mass is 32.2. The first-order valence-corrected chi connectivity index (χ1v) is 10.8. The molecule has 0 aliphatic heterocycles. The highest BCUT2D eigenvalue weighted by molar-refractivity contribution is 8.01. The molecule has 144 valence electrons. The zero-order valence-corrected chi connectivity index (χ0v) is 17.2. The van der Waals surface area contributed by atoms with E-state index in [-0.39, 0.29) is 5.91 Å². The van der Waals surface area contributed by atoms with Gasteiger partial charge in [-0.3, -0.25) is 4.79 Å². The second kappa shape index (κ2) is 9.29. The Morgan fingerprint density at radius 2 is 2.00 bits per heavy atom. The molecule has 9 heteroatoms. The molecule has 27 heavy (non-hydrogen) atoms. The van der Waals surface area contributed by atoms with E-state index < -0.39 is 0 Å². The summed E-state index contributed by atoms with van der Waals surface area (Å²) in [6.45, 7) is 4.71. The number of para-hydroxylation sites is 1. The average molecular weight is 405 g/mol. The number of nitrogens with one attached hydrogen (secondary N) is 1. The Kier molecular flexibility index (Phi) is 6.81. The van der Waals surface area contributed by atoms with Crippen LogP contribution in [0.25, 0.3) is 4.96 Å². The lowest BCUT2D eigenvalue weighted by atomic mass is 10.1. The van der Waals surface area contributed by atoms with Crippen molar-refractivity contribution in [3.05, 3.63) is 35.2 Å². The van der Waals surface area contributed by atoms with Crippen molar-refractivity contribution in [2.24, 2.45) is 5.73 Å². The number of anilines is 1. The number of hydrogen-bond donors (Lipinski definition) is 2. The van der Waals surface area contributed by atoms with Gasteiger partial charge >= 0.3 is 0 Å². The van der Waals surface area contributed by atoms with Crippen LogP contribution >= 0.6 is 23.1 Å². The van der Waals surface area contributed by atoms with Crippen LogP contribution in [0.4, 0.5) is 5.69 Å². The number of hydrogen-bond acceptors (Lipinski definition) is 7. The largest absolute Gasteiger partial charge is 0.330 e. The maximum absolute atomic E-state index is 12.3. The Labute approximate surface area is 166 Å². The van der Waals surface area contributed by atoms with Gasteiger partial charge in [-0.15, -0.1) is 15.3 Å². The zero-order chi connectivity index (χ0) is 19.2. The summed E-state index contributed by atoms with van der Waals surface area (Å²) in [7, 11) is 0. The SMILES string of the molecule is Cc1cccc(C)c1NC(=O)CSc1nn2c(CCCCCN)nnc2s1. The Morgan fingerprint density at radius 3 is 2.74 bits per heavy atom. The Hall–Kier alpha value is -1.97. The van der Waals surface area contributed by atoms with Gasteiger partial charge in [0.05, 0.1) is 5.75 Å². The maximum atomic E-state index is 12.3. The van der Waals surface area contributed by atoms with E-state index in [1.54, 1.807) is 4.52 Å². The van der Waals surface area contributed by atoms with Crippen LogP contribution in [0.3, 0.4) is 0 Å². The van der Waals surface area contributed by atoms with Crippen molar-refractivity contribution in [2.75, 3.05) is 17.6 Å². The minimum absolute atomic E-state index is 0.0367. The summed E-state index contributed by atoms with van der Waals surface area (Å²) < 4.78 is 2.61. The van der Waals surface area contributed by atoms with E-state index in [4.69, 9.17) is 5.73 Å². The van der Waals surface area contributed by atoms with Crippen LogP contribution in [-0.2, 0) is 11.2 Å². The quantitative estimate of drug-likeness (QED) is 0.420. The topological polar surface area (TPSA) is 98.2 Å². The van der Waals surface area contributed by atoms with Crippen molar-refractivity contribution < 1.29 is 4.79 Å². The molecular weight excluding hydrogens is 380 g/mol. The molecule has 0 saturated carbocycles. The van der Waals surface area contributed by atoms with Crippen molar-refractivity contribution in [2.45, 2.75) is 43.9 Å². The standard InChI is InChI=1S/C18H24N6OS2/c1-12-7-6-8-13(2)16(12)20-15(25)11-26-18-23-24-14(9-4-3-5-10-19)21-22-17(24)27-18/h6-8H,3-5,9-11,19H2,1-2H3,(H,20,25). The third kappa shape index (κ3) is 5.06. The fourth-order valence-electron chi connectivity index (χ4n) is 2.77. The van der Waals surface area contributed by atoms with Crippen LogP contribution in [0.15, 0.2) is 22.5 Å². The minimum atomic E-state index is -0.0367. The van der Waals surface area contributed by atoms with E-state index >= 15 is 0 Å². The van der Waals surface area contributed by atoms with Crippen LogP contribution in [0.5, 0.6) is 0 Å². The predicted octanol–water partition coefficient (Wildman–Crippen LogP) is 3.20. The molecule has 0 atom stereocenters. The number of unbranched alkanes of at least 4 members (excludes halogenated alkanes) is 2. The molecule has 2 heterocycles. The molecule has 0 fully saturated rings. The third-order valence-corrected chi connectivity index (χ3v) is 6.25. The zero-order valence-electron chi connectivity index (χ0n) is 15.6. The first kappa shape index (κ1) is 19.8. The molecule has 1 amide bonds. The molecular formula is C18H24N6OS2. The lowest BCUT2D eigenvalue weighted by Crippen LogP contribution is -2.15. The summed E-state index contributed by atoms with van der Waals surface area (Å²) in [5, 5.41) is 15.9. The summed E-state index contributed by atoms with van der Waals surface area (Å²) in [5.74, 6) is 1.14. The van der Waals surface area contributed by atoms with Crippen LogP contribution in [0, 0.1) is 13.8 Å². The van der Waals surface area contributed by atoms with Crippen molar-refractivity contribution in [3.8, 4) is 0 Å². The van der Waals surface area contributed by atoms with Crippen LogP contribution in [0.1, 0.15) is 36.2 Å². The van der Waals surface area contributed by atoms with E-state index in [0.717, 1.165) is 64.2 Å². The number of thioether (sulfide) groups is 1. The molecule has 3 aromatic rings. The number of nitrogens with two attached hydrogens (primary N) is 1. The summed E-state index contributed by atoms with van der Waals surface area (Å²) in [4.78, 5) is 13.1. The smallest absolute Gasteiger partial charge is 0.235 e. The molecule has 0 radical (unpaired) electrons. The lowest BCUT2D eigenvalue weighted by Gasteiger charge is -2.10. The number of aryl methyl sites for hydroxylation is 3. The first-order valence-electron chi connectivity index (χ1n) is 8.98. The van der Waals surface area contributed by atoms with Gasteiger partial charge in [-0.25, -0.2) is 0 Å². The number of aromatic nitrogens is 4. The molecule has 0 bridgehead atoms. The van der Waals surface area contributed by atoms with E-state index in [2.05, 4.69) is 20.6 Å². The molecule has 0 aliphatic carbocycles. The average Bonchev–Trinajstić information content (AvgIpc) is 3.21. The van der Waals surface area contributed by atoms with E-state index in [0.29, 0.717) is 5.75 Å². The van der Waals surface area contributed by atoms with Gasteiger partial charge in [0.25, 0.3) is 0 Å². The number of nitrogens with zero attached hydrogens (tertiary/aromatic N) is 4. The van der Waals surface area contributed by atoms with Crippen molar-refractivity contribution in [1.82, 2.24) is 19.8 Å². The molecule has 1 aromatic carbocycles. The number of amides is 1. The molecule has 0 spiro atoms. The van der Waals surface area contributed by atoms with Gasteiger partial charge in [0.2, 0.25) is 10.9 Å². The Bertz CT molecular complexity index is 900. The molecule has 0 aliphatic rings. The molecule has 7 nitrogen and oxygen atoms in total. The predicted molar refractivity (Wildman–Crippen MR) is 111 cm³/mol. The van der Waals surface area contributed by atoms with E-state index in [1.165, 1.54) is 23.1 Å². The van der Waals surface area contributed by atoms with Crippen LogP contribution in [-0.4, -0.2) is 38.0 Å². The number of rotatable bonds is 9. The van der Waals surface area contributed by atoms with Crippen molar-refractivity contribution in [3.63, 3.8) is 0 Å². The van der Waals surface area contributed by atoms with Gasteiger partial charge in [0.15, 0.2) is 10.2 Å². The van der Waals surface area contributed by atoms with Gasteiger partial charge in [0, 0.05) is 12.1 Å². The highest BCUT2D eigenvalue weighted by Gasteiger charge is 2.14. The minimum Gasteiger partial charge on any atom is -0.330 e. The Balaban J connectivity index is 1.57. The number of carbonyl (C=O) groups excluding carboxylic acids is 1. The summed E-state index contributed by atoms with van der Waals surface area (Å²) >= 11 is 2.88. The van der Waals surface area contributed by atoms with Gasteiger partial charge in [-0.2, -0.15) is 4.52 Å². The van der Waals surface area contributed by atoms with E-state index in [1.807, 2.05) is 32.0 Å². The lowest BCUT2D eigenvalue weighted by molar-refractivity contribution is -0.113. The molecule has 3 N–H and O–H groups in total. The van der Waals surface area contributed by atoms with Gasteiger partial charge in [0.1, 0.15) is 0 Å². The fourth-order valence-corrected chi connectivity index (χ4v) is 4.47. The monoisotopic (exact) mass is 404 g/mol. The summed E-state index contributed by atoms with van der Waals surface area (Å²) in [5.41, 5.74) is 8.54. The number of fused-ring (bicyclic) bond motifs is 1. The van der Waals surface area contributed by atoms with Gasteiger partial charge in [-0.05, 0) is 44.4 Å². The van der Waals surface area contributed by atoms with E-state index in [9.17, 15) is 4.79 Å². The van der Waals surface area contributed by atoms with Gasteiger partial charge in [-0.1, -0.05) is 47.7 Å². The van der Waals surface area contributed by atoms with Crippen molar-refractivity contribution in [1.29, 1.82) is 0 Å². The third-order valence-electron chi connectivity index (χ3n) is 4.21.